The molecule has 0 fully saturated rings. The van der Waals surface area contributed by atoms with Crippen LogP contribution in [0, 0.1) is 0 Å². The minimum absolute atomic E-state index is 0.263. The van der Waals surface area contributed by atoms with Gasteiger partial charge in [-0.15, -0.1) is 5.10 Å². The van der Waals surface area contributed by atoms with E-state index in [9.17, 15) is 18.7 Å². The lowest BCUT2D eigenvalue weighted by atomic mass is 10.1. The van der Waals surface area contributed by atoms with Crippen molar-refractivity contribution in [1.82, 2.24) is 20.2 Å². The van der Waals surface area contributed by atoms with Crippen LogP contribution in [0.3, 0.4) is 0 Å². The topological polar surface area (TPSA) is 90.1 Å². The zero-order valence-electron chi connectivity index (χ0n) is 13.2. The Kier molecular flexibility index (Phi) is 4.97. The van der Waals surface area contributed by atoms with E-state index >= 15 is 0 Å². The highest BCUT2D eigenvalue weighted by Crippen LogP contribution is 2.28. The maximum absolute atomic E-state index is 12.2. The fourth-order valence-corrected chi connectivity index (χ4v) is 2.16. The molecule has 1 aromatic heterocycles. The highest BCUT2D eigenvalue weighted by molar-refractivity contribution is 6.06. The molecule has 0 aliphatic carbocycles. The van der Waals surface area contributed by atoms with Gasteiger partial charge >= 0.3 is 6.61 Å². The van der Waals surface area contributed by atoms with Crippen molar-refractivity contribution in [2.24, 2.45) is 0 Å². The van der Waals surface area contributed by atoms with Crippen molar-refractivity contribution in [3.8, 4) is 17.2 Å². The summed E-state index contributed by atoms with van der Waals surface area (Å²) in [7, 11) is 0. The van der Waals surface area contributed by atoms with Crippen molar-refractivity contribution in [3.63, 3.8) is 0 Å². The molecule has 0 saturated carbocycles. The molecule has 3 aromatic rings. The summed E-state index contributed by atoms with van der Waals surface area (Å²) in [6, 6.07) is 10.5. The summed E-state index contributed by atoms with van der Waals surface area (Å²) in [6.45, 7) is -3.03. The maximum Gasteiger partial charge on any atom is 0.387 e. The number of hydrogen-bond donors (Lipinski definition) is 1. The van der Waals surface area contributed by atoms with Gasteiger partial charge in [-0.05, 0) is 58.5 Å². The minimum atomic E-state index is -3.03. The van der Waals surface area contributed by atoms with Gasteiger partial charge in [0.25, 0.3) is 0 Å². The summed E-state index contributed by atoms with van der Waals surface area (Å²) in [6.07, 6.45) is 4.21. The molecule has 0 bridgehead atoms. The van der Waals surface area contributed by atoms with E-state index in [4.69, 9.17) is 0 Å². The molecule has 7 nitrogen and oxygen atoms in total. The van der Waals surface area contributed by atoms with E-state index in [0.29, 0.717) is 16.8 Å². The SMILES string of the molecule is O=C(/C=C/c1ccc(OC(F)F)c(O)c1)c1ccc(-n2cnnn2)cc1. The van der Waals surface area contributed by atoms with Gasteiger partial charge in [-0.25, -0.2) is 4.68 Å². The average Bonchev–Trinajstić information content (AvgIpc) is 3.16. The molecular weight excluding hydrogens is 346 g/mol. The monoisotopic (exact) mass is 358 g/mol. The number of nitrogens with zero attached hydrogens (tertiary/aromatic N) is 4. The minimum Gasteiger partial charge on any atom is -0.504 e. The fourth-order valence-electron chi connectivity index (χ4n) is 2.16. The Bertz CT molecular complexity index is 926. The first kappa shape index (κ1) is 17.2. The highest BCUT2D eigenvalue weighted by Gasteiger charge is 2.09. The lowest BCUT2D eigenvalue weighted by Gasteiger charge is -2.06. The number of phenols is 1. The van der Waals surface area contributed by atoms with E-state index in [1.54, 1.807) is 24.3 Å². The van der Waals surface area contributed by atoms with Gasteiger partial charge in [-0.3, -0.25) is 4.79 Å². The molecule has 0 atom stereocenters. The number of hydrogen-bond acceptors (Lipinski definition) is 6. The van der Waals surface area contributed by atoms with Crippen molar-refractivity contribution in [2.45, 2.75) is 6.61 Å². The molecule has 1 heterocycles. The van der Waals surface area contributed by atoms with Crippen molar-refractivity contribution < 1.29 is 23.4 Å². The summed E-state index contributed by atoms with van der Waals surface area (Å²) in [5.74, 6) is -1.03. The lowest BCUT2D eigenvalue weighted by Crippen LogP contribution is -2.01. The molecule has 0 radical (unpaired) electrons. The normalized spacial score (nSPS) is 11.2. The van der Waals surface area contributed by atoms with E-state index in [1.807, 2.05) is 0 Å². The summed E-state index contributed by atoms with van der Waals surface area (Å²) >= 11 is 0. The average molecular weight is 358 g/mol. The lowest BCUT2D eigenvalue weighted by molar-refractivity contribution is -0.0512. The Hall–Kier alpha value is -3.62. The largest absolute Gasteiger partial charge is 0.504 e. The number of aromatic nitrogens is 4. The van der Waals surface area contributed by atoms with Crippen LogP contribution in [0.25, 0.3) is 11.8 Å². The summed E-state index contributed by atoms with van der Waals surface area (Å²) < 4.78 is 29.9. The molecule has 132 valence electrons. The molecule has 0 aliphatic rings. The molecule has 0 spiro atoms. The van der Waals surface area contributed by atoms with E-state index in [-0.39, 0.29) is 11.5 Å². The number of ketones is 1. The van der Waals surface area contributed by atoms with Crippen LogP contribution >= 0.6 is 0 Å². The first-order valence-electron chi connectivity index (χ1n) is 7.36. The predicted molar refractivity (Wildman–Crippen MR) is 87.3 cm³/mol. The summed E-state index contributed by atoms with van der Waals surface area (Å²) in [5.41, 5.74) is 1.61. The van der Waals surface area contributed by atoms with Gasteiger partial charge in [0.1, 0.15) is 6.33 Å². The zero-order valence-corrected chi connectivity index (χ0v) is 13.2. The highest BCUT2D eigenvalue weighted by atomic mass is 19.3. The van der Waals surface area contributed by atoms with E-state index in [0.717, 1.165) is 0 Å². The van der Waals surface area contributed by atoms with Gasteiger partial charge < -0.3 is 9.84 Å². The molecule has 26 heavy (non-hydrogen) atoms. The predicted octanol–water partition coefficient (Wildman–Crippen LogP) is 2.87. The molecule has 1 N–H and O–H groups in total. The van der Waals surface area contributed by atoms with E-state index in [2.05, 4.69) is 20.3 Å². The van der Waals surface area contributed by atoms with Crippen LogP contribution in [0.2, 0.25) is 0 Å². The van der Waals surface area contributed by atoms with Gasteiger partial charge in [0, 0.05) is 5.56 Å². The Morgan fingerprint density at radius 2 is 1.96 bits per heavy atom. The second kappa shape index (κ2) is 7.51. The van der Waals surface area contributed by atoms with Crippen LogP contribution in [-0.2, 0) is 0 Å². The van der Waals surface area contributed by atoms with Crippen LogP contribution in [0.4, 0.5) is 8.78 Å². The van der Waals surface area contributed by atoms with E-state index in [1.165, 1.54) is 41.4 Å². The second-order valence-corrected chi connectivity index (χ2v) is 5.10. The van der Waals surface area contributed by atoms with E-state index < -0.39 is 12.4 Å². The van der Waals surface area contributed by atoms with Gasteiger partial charge in [-0.2, -0.15) is 8.78 Å². The number of halogens is 2. The summed E-state index contributed by atoms with van der Waals surface area (Å²) in [4.78, 5) is 12.2. The molecule has 2 aromatic carbocycles. The Balaban J connectivity index is 1.70. The Morgan fingerprint density at radius 3 is 2.58 bits per heavy atom. The number of benzene rings is 2. The second-order valence-electron chi connectivity index (χ2n) is 5.10. The smallest absolute Gasteiger partial charge is 0.387 e. The number of allylic oxidation sites excluding steroid dienone is 1. The number of tetrazole rings is 1. The first-order valence-corrected chi connectivity index (χ1v) is 7.36. The van der Waals surface area contributed by atoms with Crippen LogP contribution in [0.5, 0.6) is 11.5 Å². The molecule has 0 aliphatic heterocycles. The van der Waals surface area contributed by atoms with Gasteiger partial charge in [-0.1, -0.05) is 12.1 Å². The number of aromatic hydroxyl groups is 1. The molecule has 3 rings (SSSR count). The third kappa shape index (κ3) is 4.07. The molecule has 0 amide bonds. The van der Waals surface area contributed by atoms with Crippen LogP contribution in [0.15, 0.2) is 54.9 Å². The third-order valence-electron chi connectivity index (χ3n) is 3.39. The number of carbonyl (C=O) groups excluding carboxylic acids is 1. The molecule has 0 saturated heterocycles. The van der Waals surface area contributed by atoms with Crippen LogP contribution in [0.1, 0.15) is 15.9 Å². The van der Waals surface area contributed by atoms with Crippen molar-refractivity contribution in [1.29, 1.82) is 0 Å². The third-order valence-corrected chi connectivity index (χ3v) is 3.39. The van der Waals surface area contributed by atoms with Gasteiger partial charge in [0.2, 0.25) is 0 Å². The number of ether oxygens (including phenoxy) is 1. The summed E-state index contributed by atoms with van der Waals surface area (Å²) in [5, 5.41) is 20.5. The number of phenolic OH excluding ortho intramolecular Hbond substituents is 1. The van der Waals surface area contributed by atoms with Crippen LogP contribution < -0.4 is 4.74 Å². The Labute approximate surface area is 146 Å². The van der Waals surface area contributed by atoms with Crippen molar-refractivity contribution >= 4 is 11.9 Å². The molecule has 0 unspecified atom stereocenters. The number of alkyl halides is 2. The van der Waals surface area contributed by atoms with Crippen LogP contribution in [-0.4, -0.2) is 37.7 Å². The van der Waals surface area contributed by atoms with Gasteiger partial charge in [0.05, 0.1) is 5.69 Å². The zero-order chi connectivity index (χ0) is 18.5. The molecular formula is C17H12F2N4O3. The fraction of sp³-hybridized carbons (Fsp3) is 0.0588. The van der Waals surface area contributed by atoms with Crippen molar-refractivity contribution in [2.75, 3.05) is 0 Å². The van der Waals surface area contributed by atoms with Crippen molar-refractivity contribution in [3.05, 3.63) is 66.0 Å². The quantitative estimate of drug-likeness (QED) is 0.538. The number of carbonyl (C=O) groups is 1. The number of rotatable bonds is 6. The Morgan fingerprint density at radius 1 is 1.19 bits per heavy atom. The first-order chi connectivity index (χ1) is 12.5. The van der Waals surface area contributed by atoms with Gasteiger partial charge in [0.15, 0.2) is 17.3 Å². The maximum atomic E-state index is 12.2. The standard InChI is InChI=1S/C17H12F2N4O3/c18-17(19)26-16-8-2-11(9-15(16)25)1-7-14(24)12-3-5-13(6-4-12)23-10-20-21-22-23/h1-10,17,25H/b7-1+. The molecule has 9 heteroatoms.